The molecule has 2 atom stereocenters. The maximum atomic E-state index is 12.7. The molecule has 1 fully saturated rings. The van der Waals surface area contributed by atoms with Gasteiger partial charge in [0.25, 0.3) is 0 Å². The number of hydrogen-bond donors (Lipinski definition) is 1. The molecule has 1 N–H and O–H groups in total. The van der Waals surface area contributed by atoms with Crippen LogP contribution in [0.3, 0.4) is 0 Å². The molecular weight excluding hydrogens is 254 g/mol. The Morgan fingerprint density at radius 3 is 3.05 bits per heavy atom. The van der Waals surface area contributed by atoms with E-state index >= 15 is 0 Å². The molecular formula is C16H21NO3. The average Bonchev–Trinajstić information content (AvgIpc) is 2.46. The molecule has 0 bridgehead atoms. The van der Waals surface area contributed by atoms with Crippen LogP contribution in [0.15, 0.2) is 18.2 Å². The van der Waals surface area contributed by atoms with Crippen molar-refractivity contribution in [2.45, 2.75) is 26.3 Å². The number of nitrogens with zero attached hydrogens (tertiary/aromatic N) is 1. The highest BCUT2D eigenvalue weighted by atomic mass is 16.5. The molecule has 0 saturated carbocycles. The molecule has 4 nitrogen and oxygen atoms in total. The highest BCUT2D eigenvalue weighted by Gasteiger charge is 2.33. The monoisotopic (exact) mass is 275 g/mol. The Morgan fingerprint density at radius 1 is 1.40 bits per heavy atom. The van der Waals surface area contributed by atoms with Crippen LogP contribution < -0.4 is 0 Å². The molecule has 1 aromatic rings. The number of carbonyl (C=O) groups is 1. The second-order valence-corrected chi connectivity index (χ2v) is 5.91. The lowest BCUT2D eigenvalue weighted by Gasteiger charge is -2.35. The maximum absolute atomic E-state index is 12.7. The number of amides is 1. The van der Waals surface area contributed by atoms with Crippen LogP contribution in [0.2, 0.25) is 0 Å². The third-order valence-corrected chi connectivity index (χ3v) is 4.47. The third-order valence-electron chi connectivity index (χ3n) is 4.47. The molecule has 0 radical (unpaired) electrons. The largest absolute Gasteiger partial charge is 0.508 e. The topological polar surface area (TPSA) is 49.8 Å². The van der Waals surface area contributed by atoms with Gasteiger partial charge in [-0.3, -0.25) is 4.79 Å². The van der Waals surface area contributed by atoms with E-state index in [0.717, 1.165) is 30.5 Å². The summed E-state index contributed by atoms with van der Waals surface area (Å²) in [5, 5.41) is 9.51. The van der Waals surface area contributed by atoms with Crippen LogP contribution in [-0.2, 0) is 22.5 Å². The minimum Gasteiger partial charge on any atom is -0.508 e. The molecule has 3 rings (SSSR count). The zero-order chi connectivity index (χ0) is 14.1. The molecule has 20 heavy (non-hydrogen) atoms. The summed E-state index contributed by atoms with van der Waals surface area (Å²) in [7, 11) is 0. The molecule has 2 unspecified atom stereocenters. The molecule has 1 amide bonds. The van der Waals surface area contributed by atoms with Gasteiger partial charge in [0.1, 0.15) is 5.75 Å². The van der Waals surface area contributed by atoms with E-state index in [9.17, 15) is 9.90 Å². The summed E-state index contributed by atoms with van der Waals surface area (Å²) in [4.78, 5) is 14.6. The molecule has 1 aromatic carbocycles. The van der Waals surface area contributed by atoms with Crippen LogP contribution in [0, 0.1) is 11.8 Å². The number of fused-ring (bicyclic) bond motifs is 1. The van der Waals surface area contributed by atoms with Gasteiger partial charge in [-0.15, -0.1) is 0 Å². The normalized spacial score (nSPS) is 26.1. The summed E-state index contributed by atoms with van der Waals surface area (Å²) in [6.07, 6.45) is 1.66. The first-order valence-electron chi connectivity index (χ1n) is 7.32. The Hall–Kier alpha value is -1.55. The van der Waals surface area contributed by atoms with Crippen molar-refractivity contribution in [1.82, 2.24) is 4.90 Å². The second-order valence-electron chi connectivity index (χ2n) is 5.91. The van der Waals surface area contributed by atoms with Crippen molar-refractivity contribution in [3.8, 4) is 5.75 Å². The molecule has 2 aliphatic rings. The minimum absolute atomic E-state index is 0.0995. The lowest BCUT2D eigenvalue weighted by molar-refractivity contribution is -0.142. The van der Waals surface area contributed by atoms with E-state index in [1.807, 2.05) is 17.0 Å². The fourth-order valence-electron chi connectivity index (χ4n) is 3.21. The summed E-state index contributed by atoms with van der Waals surface area (Å²) < 4.78 is 5.42. The highest BCUT2D eigenvalue weighted by Crippen LogP contribution is 2.28. The van der Waals surface area contributed by atoms with E-state index in [-0.39, 0.29) is 11.8 Å². The number of hydrogen-bond acceptors (Lipinski definition) is 3. The smallest absolute Gasteiger partial charge is 0.226 e. The number of benzene rings is 1. The molecule has 108 valence electrons. The zero-order valence-electron chi connectivity index (χ0n) is 11.8. The minimum atomic E-state index is 0.0995. The fraction of sp³-hybridized carbons (Fsp3) is 0.562. The summed E-state index contributed by atoms with van der Waals surface area (Å²) in [5.74, 6) is 0.973. The van der Waals surface area contributed by atoms with Gasteiger partial charge >= 0.3 is 0 Å². The van der Waals surface area contributed by atoms with Gasteiger partial charge in [-0.2, -0.15) is 0 Å². The van der Waals surface area contributed by atoms with E-state index in [1.54, 1.807) is 6.07 Å². The molecule has 0 spiro atoms. The van der Waals surface area contributed by atoms with Crippen molar-refractivity contribution in [3.63, 3.8) is 0 Å². The standard InChI is InChI=1S/C16H21NO3/c1-11-10-20-7-5-15(11)16(19)17-6-4-12-8-14(18)3-2-13(12)9-17/h2-3,8,11,15,18H,4-7,9-10H2,1H3. The number of ether oxygens (including phenoxy) is 1. The van der Waals surface area contributed by atoms with E-state index in [0.29, 0.717) is 31.4 Å². The number of aromatic hydroxyl groups is 1. The Bertz CT molecular complexity index is 514. The lowest BCUT2D eigenvalue weighted by Crippen LogP contribution is -2.44. The lowest BCUT2D eigenvalue weighted by atomic mass is 9.87. The average molecular weight is 275 g/mol. The van der Waals surface area contributed by atoms with E-state index in [4.69, 9.17) is 4.74 Å². The van der Waals surface area contributed by atoms with Crippen molar-refractivity contribution in [2.75, 3.05) is 19.8 Å². The molecule has 1 saturated heterocycles. The predicted octanol–water partition coefficient (Wildman–Crippen LogP) is 1.95. The molecule has 4 heteroatoms. The SMILES string of the molecule is CC1COCCC1C(=O)N1CCc2cc(O)ccc2C1. The first-order valence-corrected chi connectivity index (χ1v) is 7.32. The van der Waals surface area contributed by atoms with Crippen LogP contribution in [0.25, 0.3) is 0 Å². The molecule has 2 aliphatic heterocycles. The van der Waals surface area contributed by atoms with Crippen LogP contribution in [0.4, 0.5) is 0 Å². The first-order chi connectivity index (χ1) is 9.65. The van der Waals surface area contributed by atoms with Crippen LogP contribution >= 0.6 is 0 Å². The maximum Gasteiger partial charge on any atom is 0.226 e. The van der Waals surface area contributed by atoms with Crippen LogP contribution in [0.1, 0.15) is 24.5 Å². The van der Waals surface area contributed by atoms with Gasteiger partial charge in [-0.1, -0.05) is 13.0 Å². The van der Waals surface area contributed by atoms with Crippen molar-refractivity contribution in [1.29, 1.82) is 0 Å². The molecule has 2 heterocycles. The van der Waals surface area contributed by atoms with Gasteiger partial charge in [0.15, 0.2) is 0 Å². The fourth-order valence-corrected chi connectivity index (χ4v) is 3.21. The van der Waals surface area contributed by atoms with Crippen molar-refractivity contribution < 1.29 is 14.6 Å². The quantitative estimate of drug-likeness (QED) is 0.852. The zero-order valence-corrected chi connectivity index (χ0v) is 11.8. The van der Waals surface area contributed by atoms with E-state index in [2.05, 4.69) is 6.92 Å². The first kappa shape index (κ1) is 13.4. The summed E-state index contributed by atoms with van der Waals surface area (Å²) in [5.41, 5.74) is 2.32. The summed E-state index contributed by atoms with van der Waals surface area (Å²) in [6.45, 7) is 4.89. The van der Waals surface area contributed by atoms with Gasteiger partial charge in [0, 0.05) is 32.2 Å². The Kier molecular flexibility index (Phi) is 3.66. The van der Waals surface area contributed by atoms with Gasteiger partial charge < -0.3 is 14.7 Å². The number of rotatable bonds is 1. The Morgan fingerprint density at radius 2 is 2.25 bits per heavy atom. The van der Waals surface area contributed by atoms with Gasteiger partial charge in [-0.25, -0.2) is 0 Å². The van der Waals surface area contributed by atoms with E-state index < -0.39 is 0 Å². The van der Waals surface area contributed by atoms with Gasteiger partial charge in [0.2, 0.25) is 5.91 Å². The van der Waals surface area contributed by atoms with Gasteiger partial charge in [-0.05, 0) is 42.0 Å². The van der Waals surface area contributed by atoms with Crippen LogP contribution in [-0.4, -0.2) is 35.7 Å². The van der Waals surface area contributed by atoms with Crippen molar-refractivity contribution >= 4 is 5.91 Å². The molecule has 0 aliphatic carbocycles. The van der Waals surface area contributed by atoms with Gasteiger partial charge in [0.05, 0.1) is 0 Å². The number of carbonyl (C=O) groups excluding carboxylic acids is 1. The Labute approximate surface area is 119 Å². The van der Waals surface area contributed by atoms with Crippen LogP contribution in [0.5, 0.6) is 5.75 Å². The summed E-state index contributed by atoms with van der Waals surface area (Å²) in [6, 6.07) is 5.44. The Balaban J connectivity index is 1.73. The van der Waals surface area contributed by atoms with Crippen molar-refractivity contribution in [2.24, 2.45) is 11.8 Å². The number of phenolic OH excluding ortho intramolecular Hbond substituents is 1. The molecule has 0 aromatic heterocycles. The highest BCUT2D eigenvalue weighted by molar-refractivity contribution is 5.79. The predicted molar refractivity (Wildman–Crippen MR) is 75.3 cm³/mol. The second kappa shape index (κ2) is 5.44. The summed E-state index contributed by atoms with van der Waals surface area (Å²) >= 11 is 0. The van der Waals surface area contributed by atoms with Crippen molar-refractivity contribution in [3.05, 3.63) is 29.3 Å². The van der Waals surface area contributed by atoms with E-state index in [1.165, 1.54) is 0 Å². The third kappa shape index (κ3) is 2.52. The number of phenols is 1.